The van der Waals surface area contributed by atoms with Crippen molar-refractivity contribution in [1.29, 1.82) is 0 Å². The van der Waals surface area contributed by atoms with E-state index in [1.807, 2.05) is 6.92 Å². The molecule has 2 rings (SSSR count). The van der Waals surface area contributed by atoms with E-state index in [1.165, 1.54) is 34.6 Å². The summed E-state index contributed by atoms with van der Waals surface area (Å²) < 4.78 is 26.6. The Morgan fingerprint density at radius 2 is 2.29 bits per heavy atom. The zero-order valence-electron chi connectivity index (χ0n) is 12.2. The van der Waals surface area contributed by atoms with Gasteiger partial charge in [0.15, 0.2) is 0 Å². The molecule has 21 heavy (non-hydrogen) atoms. The third-order valence-corrected chi connectivity index (χ3v) is 6.54. The topological polar surface area (TPSA) is 69.6 Å². The molecule has 5 nitrogen and oxygen atoms in total. The molecule has 2 N–H and O–H groups in total. The fourth-order valence-electron chi connectivity index (χ4n) is 2.10. The van der Waals surface area contributed by atoms with Gasteiger partial charge in [0.2, 0.25) is 10.0 Å². The molecule has 1 fully saturated rings. The lowest BCUT2D eigenvalue weighted by molar-refractivity contribution is 0.260. The fraction of sp³-hybridized carbons (Fsp3) is 0.571. The molecule has 0 aromatic carbocycles. The van der Waals surface area contributed by atoms with E-state index >= 15 is 0 Å². The lowest BCUT2D eigenvalue weighted by Crippen LogP contribution is -2.33. The summed E-state index contributed by atoms with van der Waals surface area (Å²) in [6, 6.07) is 2.34. The molecule has 0 aliphatic heterocycles. The molecule has 0 unspecified atom stereocenters. The molecule has 0 saturated heterocycles. The lowest BCUT2D eigenvalue weighted by atomic mass is 10.4. The second-order valence-corrected chi connectivity index (χ2v) is 8.41. The molecule has 0 amide bonds. The minimum absolute atomic E-state index is 0.0826. The van der Waals surface area contributed by atoms with Crippen LogP contribution in [0.25, 0.3) is 0 Å². The van der Waals surface area contributed by atoms with Crippen LogP contribution in [0.2, 0.25) is 0 Å². The minimum atomic E-state index is -3.57. The third kappa shape index (κ3) is 4.14. The van der Waals surface area contributed by atoms with Gasteiger partial charge in [-0.2, -0.15) is 4.31 Å². The van der Waals surface area contributed by atoms with Crippen LogP contribution in [0.15, 0.2) is 23.6 Å². The van der Waals surface area contributed by atoms with Crippen LogP contribution < -0.4 is 5.32 Å². The zero-order chi connectivity index (χ0) is 15.5. The second-order valence-electron chi connectivity index (χ2n) is 5.16. The van der Waals surface area contributed by atoms with Gasteiger partial charge in [0.1, 0.15) is 0 Å². The number of aliphatic hydroxyl groups excluding tert-OH is 1. The van der Waals surface area contributed by atoms with Crippen LogP contribution in [0.5, 0.6) is 0 Å². The summed E-state index contributed by atoms with van der Waals surface area (Å²) >= 11 is 1.51. The van der Waals surface area contributed by atoms with Crippen molar-refractivity contribution in [3.8, 4) is 0 Å². The molecule has 0 bridgehead atoms. The van der Waals surface area contributed by atoms with Crippen LogP contribution in [-0.2, 0) is 16.6 Å². The molecule has 1 aliphatic rings. The molecule has 1 aliphatic carbocycles. The Morgan fingerprint density at radius 3 is 2.86 bits per heavy atom. The maximum atomic E-state index is 12.7. The molecular formula is C14H22N2O3S2. The van der Waals surface area contributed by atoms with Crippen molar-refractivity contribution < 1.29 is 13.5 Å². The summed E-state index contributed by atoms with van der Waals surface area (Å²) in [6.45, 7) is 6.20. The van der Waals surface area contributed by atoms with Gasteiger partial charge < -0.3 is 10.4 Å². The van der Waals surface area contributed by atoms with Crippen LogP contribution in [0.3, 0.4) is 0 Å². The Labute approximate surface area is 130 Å². The Kier molecular flexibility index (Phi) is 5.56. The maximum absolute atomic E-state index is 12.7. The van der Waals surface area contributed by atoms with E-state index in [0.717, 1.165) is 9.75 Å². The second kappa shape index (κ2) is 7.02. The van der Waals surface area contributed by atoms with Crippen LogP contribution in [0, 0.1) is 6.92 Å². The Balaban J connectivity index is 2.18. The smallest absolute Gasteiger partial charge is 0.244 e. The quantitative estimate of drug-likeness (QED) is 0.673. The highest BCUT2D eigenvalue weighted by atomic mass is 32.2. The summed E-state index contributed by atoms with van der Waals surface area (Å²) in [5.74, 6) is 0. The molecule has 0 radical (unpaired) electrons. The van der Waals surface area contributed by atoms with E-state index in [-0.39, 0.29) is 19.7 Å². The van der Waals surface area contributed by atoms with E-state index in [1.54, 1.807) is 6.07 Å². The number of hydrogen-bond acceptors (Lipinski definition) is 5. The zero-order valence-corrected chi connectivity index (χ0v) is 13.8. The average Bonchev–Trinajstić information content (AvgIpc) is 3.18. The van der Waals surface area contributed by atoms with Crippen molar-refractivity contribution in [3.63, 3.8) is 0 Å². The van der Waals surface area contributed by atoms with Gasteiger partial charge in [-0.3, -0.25) is 0 Å². The first-order valence-corrected chi connectivity index (χ1v) is 9.29. The monoisotopic (exact) mass is 330 g/mol. The van der Waals surface area contributed by atoms with E-state index in [4.69, 9.17) is 5.11 Å². The van der Waals surface area contributed by atoms with E-state index < -0.39 is 10.0 Å². The van der Waals surface area contributed by atoms with Crippen LogP contribution >= 0.6 is 11.3 Å². The van der Waals surface area contributed by atoms with Gasteiger partial charge in [0.05, 0.1) is 11.5 Å². The molecule has 0 atom stereocenters. The highest BCUT2D eigenvalue weighted by Gasteiger charge is 2.27. The van der Waals surface area contributed by atoms with Gasteiger partial charge >= 0.3 is 0 Å². The average molecular weight is 330 g/mol. The van der Waals surface area contributed by atoms with E-state index in [9.17, 15) is 8.42 Å². The predicted molar refractivity (Wildman–Crippen MR) is 85.0 cm³/mol. The fourth-order valence-corrected chi connectivity index (χ4v) is 5.06. The van der Waals surface area contributed by atoms with E-state index in [0.29, 0.717) is 17.5 Å². The van der Waals surface area contributed by atoms with Crippen molar-refractivity contribution >= 4 is 21.4 Å². The molecular weight excluding hydrogens is 308 g/mol. The van der Waals surface area contributed by atoms with Gasteiger partial charge in [-0.15, -0.1) is 17.9 Å². The largest absolute Gasteiger partial charge is 0.395 e. The molecule has 0 spiro atoms. The molecule has 1 saturated carbocycles. The van der Waals surface area contributed by atoms with Crippen molar-refractivity contribution in [2.24, 2.45) is 0 Å². The third-order valence-electron chi connectivity index (χ3n) is 3.37. The van der Waals surface area contributed by atoms with Crippen LogP contribution in [-0.4, -0.2) is 43.6 Å². The Hall–Kier alpha value is -0.730. The Morgan fingerprint density at radius 1 is 1.57 bits per heavy atom. The van der Waals surface area contributed by atoms with Crippen molar-refractivity contribution in [2.75, 3.05) is 19.7 Å². The van der Waals surface area contributed by atoms with Crippen molar-refractivity contribution in [1.82, 2.24) is 9.62 Å². The first kappa shape index (κ1) is 16.6. The van der Waals surface area contributed by atoms with E-state index in [2.05, 4.69) is 11.9 Å². The van der Waals surface area contributed by atoms with Crippen LogP contribution in [0.4, 0.5) is 0 Å². The summed E-state index contributed by atoms with van der Waals surface area (Å²) in [4.78, 5) is 2.16. The highest BCUT2D eigenvalue weighted by Crippen LogP contribution is 2.29. The van der Waals surface area contributed by atoms with Gasteiger partial charge in [-0.05, 0) is 25.8 Å². The number of aliphatic hydroxyl groups is 1. The molecule has 1 heterocycles. The van der Waals surface area contributed by atoms with Gasteiger partial charge in [0.25, 0.3) is 0 Å². The highest BCUT2D eigenvalue weighted by molar-refractivity contribution is 7.89. The summed E-state index contributed by atoms with van der Waals surface area (Å²) in [5.41, 5.74) is 0. The number of aryl methyl sites for hydroxylation is 1. The normalized spacial score (nSPS) is 15.6. The standard InChI is InChI=1S/C14H22N2O3S2/c1-3-6-16(7-8-17)21(18,19)14-9-13(20-11(14)2)10-15-12-4-5-12/h3,9,12,15,17H,1,4-8,10H2,2H3. The SMILES string of the molecule is C=CCN(CCO)S(=O)(=O)c1cc(CNC2CC2)sc1C. The molecule has 1 aromatic heterocycles. The molecule has 7 heteroatoms. The number of nitrogens with zero attached hydrogens (tertiary/aromatic N) is 1. The summed E-state index contributed by atoms with van der Waals surface area (Å²) in [7, 11) is -3.57. The molecule has 1 aromatic rings. The van der Waals surface area contributed by atoms with Gasteiger partial charge in [-0.1, -0.05) is 6.08 Å². The van der Waals surface area contributed by atoms with Crippen molar-refractivity contribution in [3.05, 3.63) is 28.5 Å². The number of thiophene rings is 1. The number of hydrogen-bond donors (Lipinski definition) is 2. The number of nitrogens with one attached hydrogen (secondary N) is 1. The molecule has 118 valence electrons. The minimum Gasteiger partial charge on any atom is -0.395 e. The number of rotatable bonds is 9. The first-order chi connectivity index (χ1) is 9.98. The first-order valence-electron chi connectivity index (χ1n) is 7.03. The summed E-state index contributed by atoms with van der Waals surface area (Å²) in [6.07, 6.45) is 3.95. The Bertz CT molecular complexity index is 591. The van der Waals surface area contributed by atoms with Gasteiger partial charge in [0, 0.05) is 35.4 Å². The maximum Gasteiger partial charge on any atom is 0.244 e. The predicted octanol–water partition coefficient (Wildman–Crippen LogP) is 1.48. The van der Waals surface area contributed by atoms with Gasteiger partial charge in [-0.25, -0.2) is 8.42 Å². The number of sulfonamides is 1. The van der Waals surface area contributed by atoms with Crippen molar-refractivity contribution in [2.45, 2.75) is 37.2 Å². The van der Waals surface area contributed by atoms with Crippen LogP contribution in [0.1, 0.15) is 22.6 Å². The lowest BCUT2D eigenvalue weighted by Gasteiger charge is -2.19. The summed E-state index contributed by atoms with van der Waals surface area (Å²) in [5, 5.41) is 12.4.